The van der Waals surface area contributed by atoms with E-state index in [1.165, 1.54) is 11.8 Å². The first-order valence-electron chi connectivity index (χ1n) is 6.20. The summed E-state index contributed by atoms with van der Waals surface area (Å²) in [5.41, 5.74) is 1.63. The molecule has 0 bridgehead atoms. The number of aliphatic hydroxyl groups is 1. The maximum Gasteiger partial charge on any atom is 0.138 e. The number of aromatic nitrogens is 2. The Kier molecular flexibility index (Phi) is 3.62. The molecule has 0 amide bonds. The number of benzene rings is 1. The van der Waals surface area contributed by atoms with Crippen LogP contribution in [0.2, 0.25) is 0 Å². The van der Waals surface area contributed by atoms with E-state index in [0.717, 1.165) is 27.0 Å². The Morgan fingerprint density at radius 1 is 1.25 bits per heavy atom. The Bertz CT molecular complexity index is 740. The van der Waals surface area contributed by atoms with E-state index in [2.05, 4.69) is 4.98 Å². The van der Waals surface area contributed by atoms with Gasteiger partial charge in [-0.3, -0.25) is 0 Å². The molecule has 0 radical (unpaired) electrons. The van der Waals surface area contributed by atoms with Gasteiger partial charge in [0.25, 0.3) is 0 Å². The van der Waals surface area contributed by atoms with Gasteiger partial charge in [0.15, 0.2) is 0 Å². The molecular weight excluding hydrogens is 272 g/mol. The van der Waals surface area contributed by atoms with Crippen molar-refractivity contribution in [3.63, 3.8) is 0 Å². The maximum absolute atomic E-state index is 9.59. The molecule has 5 heteroatoms. The first-order valence-corrected chi connectivity index (χ1v) is 7.02. The number of rotatable bonds is 4. The van der Waals surface area contributed by atoms with Crippen molar-refractivity contribution in [2.45, 2.75) is 16.5 Å². The van der Waals surface area contributed by atoms with Crippen molar-refractivity contribution in [3.8, 4) is 5.75 Å². The summed E-state index contributed by atoms with van der Waals surface area (Å²) in [4.78, 5) is 5.59. The summed E-state index contributed by atoms with van der Waals surface area (Å²) < 4.78 is 7.12. The molecule has 0 aliphatic heterocycles. The van der Waals surface area contributed by atoms with Gasteiger partial charge < -0.3 is 14.2 Å². The average Bonchev–Trinajstić information content (AvgIpc) is 2.84. The number of hydrogen-bond donors (Lipinski definition) is 1. The van der Waals surface area contributed by atoms with E-state index >= 15 is 0 Å². The predicted molar refractivity (Wildman–Crippen MR) is 78.2 cm³/mol. The van der Waals surface area contributed by atoms with E-state index in [0.29, 0.717) is 0 Å². The molecule has 4 nitrogen and oxygen atoms in total. The van der Waals surface area contributed by atoms with Crippen LogP contribution in [0, 0.1) is 0 Å². The summed E-state index contributed by atoms with van der Waals surface area (Å²) in [6.07, 6.45) is 1.91. The summed E-state index contributed by atoms with van der Waals surface area (Å²) in [6, 6.07) is 13.6. The highest BCUT2D eigenvalue weighted by atomic mass is 32.2. The zero-order valence-electron chi connectivity index (χ0n) is 11.0. The zero-order valence-corrected chi connectivity index (χ0v) is 11.8. The van der Waals surface area contributed by atoms with Crippen LogP contribution in [0.1, 0.15) is 5.69 Å². The van der Waals surface area contributed by atoms with Crippen LogP contribution in [0.3, 0.4) is 0 Å². The minimum atomic E-state index is -0.0442. The summed E-state index contributed by atoms with van der Waals surface area (Å²) >= 11 is 1.52. The standard InChI is InChI=1S/C15H14N2O2S/c1-19-11-5-4-6-12(9-11)20-15-13(10-18)17-8-3-2-7-14(17)16-15/h2-9,18H,10H2,1H3. The summed E-state index contributed by atoms with van der Waals surface area (Å²) in [5.74, 6) is 0.810. The molecule has 2 heterocycles. The molecule has 0 fully saturated rings. The van der Waals surface area contributed by atoms with Gasteiger partial charge in [0.05, 0.1) is 19.4 Å². The second-order valence-electron chi connectivity index (χ2n) is 4.23. The molecule has 0 saturated carbocycles. The van der Waals surface area contributed by atoms with E-state index in [1.807, 2.05) is 53.1 Å². The Labute approximate surface area is 121 Å². The number of hydrogen-bond acceptors (Lipinski definition) is 4. The van der Waals surface area contributed by atoms with Crippen LogP contribution in [0.5, 0.6) is 5.75 Å². The molecule has 0 spiro atoms. The average molecular weight is 286 g/mol. The van der Waals surface area contributed by atoms with Crippen LogP contribution in [0.25, 0.3) is 5.65 Å². The van der Waals surface area contributed by atoms with E-state index in [-0.39, 0.29) is 6.61 Å². The van der Waals surface area contributed by atoms with Gasteiger partial charge in [-0.2, -0.15) is 0 Å². The largest absolute Gasteiger partial charge is 0.497 e. The molecule has 20 heavy (non-hydrogen) atoms. The molecular formula is C15H14N2O2S. The molecule has 3 rings (SSSR count). The Morgan fingerprint density at radius 2 is 2.15 bits per heavy atom. The van der Waals surface area contributed by atoms with E-state index in [1.54, 1.807) is 7.11 Å². The minimum Gasteiger partial charge on any atom is -0.497 e. The van der Waals surface area contributed by atoms with Crippen LogP contribution in [0.15, 0.2) is 58.6 Å². The molecule has 1 aromatic carbocycles. The topological polar surface area (TPSA) is 46.8 Å². The van der Waals surface area contributed by atoms with Crippen molar-refractivity contribution < 1.29 is 9.84 Å². The summed E-state index contributed by atoms with van der Waals surface area (Å²) in [6.45, 7) is -0.0442. The molecule has 1 N–H and O–H groups in total. The van der Waals surface area contributed by atoms with Crippen LogP contribution in [-0.4, -0.2) is 21.6 Å². The van der Waals surface area contributed by atoms with Crippen molar-refractivity contribution in [2.75, 3.05) is 7.11 Å². The lowest BCUT2D eigenvalue weighted by atomic mass is 10.3. The normalized spacial score (nSPS) is 10.9. The van der Waals surface area contributed by atoms with Gasteiger partial charge in [-0.25, -0.2) is 4.98 Å². The fourth-order valence-corrected chi connectivity index (χ4v) is 2.99. The SMILES string of the molecule is COc1cccc(Sc2nc3ccccn3c2CO)c1. The fourth-order valence-electron chi connectivity index (χ4n) is 2.03. The lowest BCUT2D eigenvalue weighted by molar-refractivity contribution is 0.272. The molecule has 102 valence electrons. The number of aliphatic hydroxyl groups excluding tert-OH is 1. The van der Waals surface area contributed by atoms with Crippen LogP contribution in [0.4, 0.5) is 0 Å². The quantitative estimate of drug-likeness (QED) is 0.801. The van der Waals surface area contributed by atoms with Crippen LogP contribution in [-0.2, 0) is 6.61 Å². The number of fused-ring (bicyclic) bond motifs is 1. The van der Waals surface area contributed by atoms with E-state index < -0.39 is 0 Å². The summed E-state index contributed by atoms with van der Waals surface area (Å²) in [5, 5.41) is 10.4. The highest BCUT2D eigenvalue weighted by Crippen LogP contribution is 2.32. The van der Waals surface area contributed by atoms with Crippen molar-refractivity contribution >= 4 is 17.4 Å². The third kappa shape index (κ3) is 2.37. The number of ether oxygens (including phenoxy) is 1. The van der Waals surface area contributed by atoms with Crippen molar-refractivity contribution in [2.24, 2.45) is 0 Å². The Hall–Kier alpha value is -1.98. The van der Waals surface area contributed by atoms with Gasteiger partial charge >= 0.3 is 0 Å². The smallest absolute Gasteiger partial charge is 0.138 e. The highest BCUT2D eigenvalue weighted by molar-refractivity contribution is 7.99. The molecule has 0 unspecified atom stereocenters. The highest BCUT2D eigenvalue weighted by Gasteiger charge is 2.12. The molecule has 0 atom stereocenters. The third-order valence-corrected chi connectivity index (χ3v) is 4.01. The molecule has 0 saturated heterocycles. The van der Waals surface area contributed by atoms with Gasteiger partial charge in [0.1, 0.15) is 16.4 Å². The Balaban J connectivity index is 2.01. The van der Waals surface area contributed by atoms with Crippen LogP contribution < -0.4 is 4.74 Å². The number of imidazole rings is 1. The van der Waals surface area contributed by atoms with Gasteiger partial charge in [0, 0.05) is 11.1 Å². The number of nitrogens with zero attached hydrogens (tertiary/aromatic N) is 2. The van der Waals surface area contributed by atoms with Crippen molar-refractivity contribution in [3.05, 3.63) is 54.4 Å². The minimum absolute atomic E-state index is 0.0442. The first kappa shape index (κ1) is 13.0. The van der Waals surface area contributed by atoms with Gasteiger partial charge in [-0.1, -0.05) is 23.9 Å². The number of pyridine rings is 1. The molecule has 2 aromatic heterocycles. The maximum atomic E-state index is 9.59. The Morgan fingerprint density at radius 3 is 2.95 bits per heavy atom. The van der Waals surface area contributed by atoms with Crippen molar-refractivity contribution in [1.29, 1.82) is 0 Å². The first-order chi connectivity index (χ1) is 9.81. The monoisotopic (exact) mass is 286 g/mol. The van der Waals surface area contributed by atoms with Crippen LogP contribution >= 0.6 is 11.8 Å². The number of methoxy groups -OCH3 is 1. The second kappa shape index (κ2) is 5.56. The predicted octanol–water partition coefficient (Wildman–Crippen LogP) is 2.99. The molecule has 0 aliphatic carbocycles. The lowest BCUT2D eigenvalue weighted by Crippen LogP contribution is -1.92. The fraction of sp³-hybridized carbons (Fsp3) is 0.133. The van der Waals surface area contributed by atoms with Gasteiger partial charge in [-0.15, -0.1) is 0 Å². The van der Waals surface area contributed by atoms with Gasteiger partial charge in [-0.05, 0) is 30.3 Å². The molecule has 3 aromatic rings. The van der Waals surface area contributed by atoms with E-state index in [4.69, 9.17) is 4.74 Å². The second-order valence-corrected chi connectivity index (χ2v) is 5.29. The third-order valence-electron chi connectivity index (χ3n) is 3.00. The lowest BCUT2D eigenvalue weighted by Gasteiger charge is -2.04. The zero-order chi connectivity index (χ0) is 13.9. The molecule has 0 aliphatic rings. The van der Waals surface area contributed by atoms with Gasteiger partial charge in [0.2, 0.25) is 0 Å². The van der Waals surface area contributed by atoms with E-state index in [9.17, 15) is 5.11 Å². The van der Waals surface area contributed by atoms with Crippen molar-refractivity contribution in [1.82, 2.24) is 9.38 Å². The summed E-state index contributed by atoms with van der Waals surface area (Å²) in [7, 11) is 1.65.